The van der Waals surface area contributed by atoms with E-state index in [-0.39, 0.29) is 0 Å². The van der Waals surface area contributed by atoms with E-state index in [0.717, 1.165) is 50.3 Å². The lowest BCUT2D eigenvalue weighted by atomic mass is 10.1. The van der Waals surface area contributed by atoms with Gasteiger partial charge in [-0.15, -0.1) is 0 Å². The number of carbonyl (C=O) groups is 1. The summed E-state index contributed by atoms with van der Waals surface area (Å²) < 4.78 is 0. The molecular formula is C13H18N4O. The minimum atomic E-state index is -0.413. The number of primary amides is 1. The number of anilines is 1. The number of pyridine rings is 1. The summed E-state index contributed by atoms with van der Waals surface area (Å²) in [4.78, 5) is 18.0. The van der Waals surface area contributed by atoms with Gasteiger partial charge >= 0.3 is 0 Å². The van der Waals surface area contributed by atoms with Crippen molar-refractivity contribution in [1.29, 1.82) is 0 Å². The normalized spacial score (nSPS) is 19.9. The van der Waals surface area contributed by atoms with Crippen LogP contribution in [0, 0.1) is 0 Å². The van der Waals surface area contributed by atoms with E-state index in [4.69, 9.17) is 5.73 Å². The summed E-state index contributed by atoms with van der Waals surface area (Å²) >= 11 is 0. The number of nitrogens with one attached hydrogen (secondary N) is 1. The van der Waals surface area contributed by atoms with Gasteiger partial charge < -0.3 is 16.0 Å². The smallest absolute Gasteiger partial charge is 0.267 e. The van der Waals surface area contributed by atoms with Crippen molar-refractivity contribution in [3.05, 3.63) is 23.5 Å². The van der Waals surface area contributed by atoms with Gasteiger partial charge in [-0.05, 0) is 30.4 Å². The molecule has 0 radical (unpaired) electrons. The molecule has 3 rings (SSSR count). The summed E-state index contributed by atoms with van der Waals surface area (Å²) in [5, 5.41) is 3.33. The van der Waals surface area contributed by atoms with Crippen molar-refractivity contribution in [3.63, 3.8) is 0 Å². The van der Waals surface area contributed by atoms with E-state index >= 15 is 0 Å². The first-order chi connectivity index (χ1) is 8.75. The molecule has 96 valence electrons. The topological polar surface area (TPSA) is 71.2 Å². The Kier molecular flexibility index (Phi) is 2.91. The molecule has 2 aliphatic rings. The van der Waals surface area contributed by atoms with Gasteiger partial charge in [0.15, 0.2) is 0 Å². The first kappa shape index (κ1) is 11.5. The Morgan fingerprint density at radius 2 is 2.11 bits per heavy atom. The Morgan fingerprint density at radius 3 is 2.72 bits per heavy atom. The third kappa shape index (κ3) is 2.18. The molecule has 1 aromatic heterocycles. The molecule has 5 nitrogen and oxygen atoms in total. The Labute approximate surface area is 106 Å². The maximum absolute atomic E-state index is 11.4. The zero-order chi connectivity index (χ0) is 12.5. The lowest BCUT2D eigenvalue weighted by Crippen LogP contribution is -2.43. The number of aromatic nitrogens is 1. The largest absolute Gasteiger partial charge is 0.368 e. The minimum absolute atomic E-state index is 0.413. The standard InChI is InChI=1S/C13H18N4O/c14-13(18)12-11(9-1-2-9)7-10(8-16-12)17-5-3-15-4-6-17/h7-9,15H,1-6H2,(H2,14,18). The van der Waals surface area contributed by atoms with Gasteiger partial charge in [0.05, 0.1) is 11.9 Å². The first-order valence-electron chi connectivity index (χ1n) is 6.51. The number of piperazine rings is 1. The molecule has 18 heavy (non-hydrogen) atoms. The van der Waals surface area contributed by atoms with Crippen LogP contribution in [-0.2, 0) is 0 Å². The molecule has 1 saturated heterocycles. The molecule has 0 aromatic carbocycles. The van der Waals surface area contributed by atoms with Crippen molar-refractivity contribution >= 4 is 11.6 Å². The molecule has 0 bridgehead atoms. The van der Waals surface area contributed by atoms with Crippen LogP contribution in [0.15, 0.2) is 12.3 Å². The molecule has 0 atom stereocenters. The molecule has 1 aromatic rings. The molecule has 2 fully saturated rings. The lowest BCUT2D eigenvalue weighted by molar-refractivity contribution is 0.0994. The highest BCUT2D eigenvalue weighted by atomic mass is 16.1. The maximum atomic E-state index is 11.4. The van der Waals surface area contributed by atoms with Crippen LogP contribution in [0.3, 0.4) is 0 Å². The van der Waals surface area contributed by atoms with Crippen LogP contribution in [-0.4, -0.2) is 37.1 Å². The van der Waals surface area contributed by atoms with Crippen LogP contribution in [0.4, 0.5) is 5.69 Å². The quantitative estimate of drug-likeness (QED) is 0.813. The summed E-state index contributed by atoms with van der Waals surface area (Å²) in [6.45, 7) is 3.97. The third-order valence-electron chi connectivity index (χ3n) is 3.64. The average Bonchev–Trinajstić information content (AvgIpc) is 3.23. The highest BCUT2D eigenvalue weighted by molar-refractivity contribution is 5.93. The number of carbonyl (C=O) groups excluding carboxylic acids is 1. The Morgan fingerprint density at radius 1 is 1.39 bits per heavy atom. The van der Waals surface area contributed by atoms with E-state index in [0.29, 0.717) is 11.6 Å². The number of hydrogen-bond acceptors (Lipinski definition) is 4. The minimum Gasteiger partial charge on any atom is -0.368 e. The SMILES string of the molecule is NC(=O)c1ncc(N2CCNCC2)cc1C1CC1. The fraction of sp³-hybridized carbons (Fsp3) is 0.538. The second-order valence-corrected chi connectivity index (χ2v) is 5.01. The molecule has 2 heterocycles. The number of rotatable bonds is 3. The fourth-order valence-electron chi connectivity index (χ4n) is 2.48. The molecule has 1 amide bonds. The van der Waals surface area contributed by atoms with Crippen LogP contribution in [0.5, 0.6) is 0 Å². The van der Waals surface area contributed by atoms with E-state index in [1.807, 2.05) is 0 Å². The van der Waals surface area contributed by atoms with Gasteiger partial charge in [-0.3, -0.25) is 4.79 Å². The van der Waals surface area contributed by atoms with Gasteiger partial charge in [0.1, 0.15) is 5.69 Å². The van der Waals surface area contributed by atoms with E-state index in [1.54, 1.807) is 6.20 Å². The van der Waals surface area contributed by atoms with E-state index in [2.05, 4.69) is 21.3 Å². The number of hydrogen-bond donors (Lipinski definition) is 2. The van der Waals surface area contributed by atoms with Gasteiger partial charge in [-0.1, -0.05) is 0 Å². The molecule has 1 saturated carbocycles. The van der Waals surface area contributed by atoms with Crippen molar-refractivity contribution in [2.24, 2.45) is 5.73 Å². The van der Waals surface area contributed by atoms with Gasteiger partial charge in [0.25, 0.3) is 5.91 Å². The van der Waals surface area contributed by atoms with Gasteiger partial charge in [-0.2, -0.15) is 0 Å². The number of nitrogens with zero attached hydrogens (tertiary/aromatic N) is 2. The van der Waals surface area contributed by atoms with Crippen molar-refractivity contribution in [2.45, 2.75) is 18.8 Å². The predicted molar refractivity (Wildman–Crippen MR) is 69.8 cm³/mol. The zero-order valence-electron chi connectivity index (χ0n) is 10.4. The Hall–Kier alpha value is -1.62. The van der Waals surface area contributed by atoms with Crippen molar-refractivity contribution < 1.29 is 4.79 Å². The van der Waals surface area contributed by atoms with Crippen molar-refractivity contribution in [1.82, 2.24) is 10.3 Å². The molecule has 3 N–H and O–H groups in total. The average molecular weight is 246 g/mol. The summed E-state index contributed by atoms with van der Waals surface area (Å²) in [6, 6.07) is 2.11. The first-order valence-corrected chi connectivity index (χ1v) is 6.51. The Balaban J connectivity index is 1.91. The van der Waals surface area contributed by atoms with Crippen LogP contribution in [0.25, 0.3) is 0 Å². The van der Waals surface area contributed by atoms with Gasteiger partial charge in [0, 0.05) is 26.2 Å². The predicted octanol–water partition coefficient (Wildman–Crippen LogP) is 0.467. The van der Waals surface area contributed by atoms with Crippen LogP contribution in [0.1, 0.15) is 34.8 Å². The monoisotopic (exact) mass is 246 g/mol. The van der Waals surface area contributed by atoms with Crippen molar-refractivity contribution in [3.8, 4) is 0 Å². The summed E-state index contributed by atoms with van der Waals surface area (Å²) in [5.74, 6) is 0.0756. The summed E-state index contributed by atoms with van der Waals surface area (Å²) in [5.41, 5.74) is 7.99. The van der Waals surface area contributed by atoms with Crippen molar-refractivity contribution in [2.75, 3.05) is 31.1 Å². The van der Waals surface area contributed by atoms with Crippen LogP contribution in [0.2, 0.25) is 0 Å². The second-order valence-electron chi connectivity index (χ2n) is 5.01. The van der Waals surface area contributed by atoms with Gasteiger partial charge in [0.2, 0.25) is 0 Å². The fourth-order valence-corrected chi connectivity index (χ4v) is 2.48. The molecule has 0 unspecified atom stereocenters. The lowest BCUT2D eigenvalue weighted by Gasteiger charge is -2.29. The molecule has 5 heteroatoms. The second kappa shape index (κ2) is 4.57. The molecule has 1 aliphatic heterocycles. The molecular weight excluding hydrogens is 228 g/mol. The highest BCUT2D eigenvalue weighted by Gasteiger charge is 2.29. The third-order valence-corrected chi connectivity index (χ3v) is 3.64. The molecule has 0 spiro atoms. The number of nitrogens with two attached hydrogens (primary N) is 1. The maximum Gasteiger partial charge on any atom is 0.267 e. The summed E-state index contributed by atoms with van der Waals surface area (Å²) in [6.07, 6.45) is 4.07. The summed E-state index contributed by atoms with van der Waals surface area (Å²) in [7, 11) is 0. The van der Waals surface area contributed by atoms with Crippen LogP contribution >= 0.6 is 0 Å². The number of amides is 1. The van der Waals surface area contributed by atoms with Crippen LogP contribution < -0.4 is 16.0 Å². The van der Waals surface area contributed by atoms with E-state index in [1.165, 1.54) is 0 Å². The Bertz CT molecular complexity index is 464. The van der Waals surface area contributed by atoms with E-state index in [9.17, 15) is 4.79 Å². The molecule has 1 aliphatic carbocycles. The zero-order valence-corrected chi connectivity index (χ0v) is 10.4. The van der Waals surface area contributed by atoms with Gasteiger partial charge in [-0.25, -0.2) is 4.98 Å². The highest BCUT2D eigenvalue weighted by Crippen LogP contribution is 2.42. The van der Waals surface area contributed by atoms with E-state index < -0.39 is 5.91 Å².